The van der Waals surface area contributed by atoms with Gasteiger partial charge in [0.2, 0.25) is 0 Å². The summed E-state index contributed by atoms with van der Waals surface area (Å²) in [6.45, 7) is 6.71. The number of thiophene rings is 1. The van der Waals surface area contributed by atoms with Crippen LogP contribution in [0.5, 0.6) is 0 Å². The van der Waals surface area contributed by atoms with Crippen LogP contribution in [0.2, 0.25) is 0 Å². The second kappa shape index (κ2) is 6.17. The second-order valence-electron chi connectivity index (χ2n) is 6.53. The van der Waals surface area contributed by atoms with Gasteiger partial charge in [0.05, 0.1) is 0 Å². The first-order valence-corrected chi connectivity index (χ1v) is 9.46. The van der Waals surface area contributed by atoms with Crippen LogP contribution in [0.25, 0.3) is 11.6 Å². The van der Waals surface area contributed by atoms with Crippen molar-refractivity contribution in [2.45, 2.75) is 37.5 Å². The van der Waals surface area contributed by atoms with E-state index in [2.05, 4.69) is 45.0 Å². The molecule has 2 nitrogen and oxygen atoms in total. The molecule has 3 rings (SSSR count). The molecule has 0 amide bonds. The Morgan fingerprint density at radius 3 is 2.74 bits per heavy atom. The quantitative estimate of drug-likeness (QED) is 0.767. The van der Waals surface area contributed by atoms with Gasteiger partial charge in [0.25, 0.3) is 0 Å². The Balaban J connectivity index is 1.94. The number of rotatable bonds is 3. The molecule has 0 radical (unpaired) electrons. The maximum atomic E-state index is 11.0. The number of benzene rings is 1. The molecular weight excluding hydrogens is 324 g/mol. The number of carboxylic acid groups (broad SMARTS) is 1. The van der Waals surface area contributed by atoms with E-state index in [9.17, 15) is 4.79 Å². The molecule has 0 saturated carbocycles. The number of carbonyl (C=O) groups is 1. The number of carboxylic acids is 1. The Bertz CT molecular complexity index is 784. The molecule has 0 atom stereocenters. The molecule has 23 heavy (non-hydrogen) atoms. The molecule has 1 N–H and O–H groups in total. The van der Waals surface area contributed by atoms with Gasteiger partial charge in [0.15, 0.2) is 0 Å². The topological polar surface area (TPSA) is 37.3 Å². The Hall–Kier alpha value is -1.52. The van der Waals surface area contributed by atoms with Crippen molar-refractivity contribution < 1.29 is 9.90 Å². The van der Waals surface area contributed by atoms with Crippen molar-refractivity contribution in [3.05, 3.63) is 51.2 Å². The SMILES string of the molecule is C/C(=C\c1ccc(C(=O)O)s1)c1ccc2c(c1)C(C)(C)CCS2. The monoisotopic (exact) mass is 344 g/mol. The Labute approximate surface area is 145 Å². The fourth-order valence-corrected chi connectivity index (χ4v) is 5.16. The summed E-state index contributed by atoms with van der Waals surface area (Å²) in [6, 6.07) is 10.2. The molecule has 4 heteroatoms. The van der Waals surface area contributed by atoms with Gasteiger partial charge in [-0.15, -0.1) is 23.1 Å². The Kier molecular flexibility index (Phi) is 4.39. The van der Waals surface area contributed by atoms with Crippen LogP contribution < -0.4 is 0 Å². The zero-order valence-electron chi connectivity index (χ0n) is 13.6. The van der Waals surface area contributed by atoms with E-state index in [0.29, 0.717) is 4.88 Å². The smallest absolute Gasteiger partial charge is 0.345 e. The molecule has 1 aromatic heterocycles. The average molecular weight is 345 g/mol. The van der Waals surface area contributed by atoms with Crippen molar-refractivity contribution in [3.63, 3.8) is 0 Å². The molecule has 0 fully saturated rings. The van der Waals surface area contributed by atoms with Crippen LogP contribution in [-0.4, -0.2) is 16.8 Å². The summed E-state index contributed by atoms with van der Waals surface area (Å²) in [5.41, 5.74) is 4.02. The normalized spacial score (nSPS) is 16.9. The number of thioether (sulfide) groups is 1. The van der Waals surface area contributed by atoms with E-state index >= 15 is 0 Å². The van der Waals surface area contributed by atoms with Gasteiger partial charge in [0.1, 0.15) is 4.88 Å². The van der Waals surface area contributed by atoms with E-state index < -0.39 is 5.97 Å². The first kappa shape index (κ1) is 16.3. The molecule has 2 aromatic rings. The minimum absolute atomic E-state index is 0.219. The van der Waals surface area contributed by atoms with Gasteiger partial charge in [-0.3, -0.25) is 0 Å². The van der Waals surface area contributed by atoms with E-state index in [-0.39, 0.29) is 5.41 Å². The molecule has 0 unspecified atom stereocenters. The van der Waals surface area contributed by atoms with Gasteiger partial charge in [-0.2, -0.15) is 0 Å². The molecule has 2 heterocycles. The molecule has 0 spiro atoms. The zero-order chi connectivity index (χ0) is 16.6. The van der Waals surface area contributed by atoms with Crippen LogP contribution in [-0.2, 0) is 5.41 Å². The van der Waals surface area contributed by atoms with E-state index in [4.69, 9.17) is 5.11 Å². The van der Waals surface area contributed by atoms with Crippen LogP contribution in [0.4, 0.5) is 0 Å². The summed E-state index contributed by atoms with van der Waals surface area (Å²) in [6.07, 6.45) is 3.27. The van der Waals surface area contributed by atoms with Gasteiger partial charge in [-0.25, -0.2) is 4.79 Å². The maximum absolute atomic E-state index is 11.0. The summed E-state index contributed by atoms with van der Waals surface area (Å²) in [5, 5.41) is 9.03. The largest absolute Gasteiger partial charge is 0.477 e. The average Bonchev–Trinajstić information content (AvgIpc) is 2.95. The molecule has 1 aromatic carbocycles. The summed E-state index contributed by atoms with van der Waals surface area (Å²) < 4.78 is 0. The summed E-state index contributed by atoms with van der Waals surface area (Å²) in [4.78, 5) is 13.7. The van der Waals surface area contributed by atoms with E-state index in [0.717, 1.165) is 10.5 Å². The molecule has 0 aliphatic carbocycles. The lowest BCUT2D eigenvalue weighted by molar-refractivity contribution is 0.0702. The molecular formula is C19H20O2S2. The third-order valence-corrected chi connectivity index (χ3v) is 6.44. The summed E-state index contributed by atoms with van der Waals surface area (Å²) >= 11 is 3.25. The highest BCUT2D eigenvalue weighted by molar-refractivity contribution is 7.99. The van der Waals surface area contributed by atoms with E-state index in [1.165, 1.54) is 39.5 Å². The van der Waals surface area contributed by atoms with Crippen LogP contribution in [0.3, 0.4) is 0 Å². The van der Waals surface area contributed by atoms with E-state index in [1.54, 1.807) is 6.07 Å². The molecule has 120 valence electrons. The van der Waals surface area contributed by atoms with Gasteiger partial charge in [-0.05, 0) is 71.6 Å². The first-order chi connectivity index (χ1) is 10.9. The zero-order valence-corrected chi connectivity index (χ0v) is 15.2. The van der Waals surface area contributed by atoms with Crippen LogP contribution >= 0.6 is 23.1 Å². The van der Waals surface area contributed by atoms with Crippen LogP contribution in [0, 0.1) is 0 Å². The summed E-state index contributed by atoms with van der Waals surface area (Å²) in [5.74, 6) is 0.321. The standard InChI is InChI=1S/C19H20O2S2/c1-12(10-14-5-7-17(23-14)18(20)21)13-4-6-16-15(11-13)19(2,3)8-9-22-16/h4-7,10-11H,8-9H2,1-3H3,(H,20,21)/b12-10+. The van der Waals surface area contributed by atoms with Crippen molar-refractivity contribution in [2.75, 3.05) is 5.75 Å². The van der Waals surface area contributed by atoms with Gasteiger partial charge in [0, 0.05) is 9.77 Å². The lowest BCUT2D eigenvalue weighted by atomic mass is 9.80. The highest BCUT2D eigenvalue weighted by atomic mass is 32.2. The first-order valence-electron chi connectivity index (χ1n) is 7.66. The number of aromatic carboxylic acids is 1. The second-order valence-corrected chi connectivity index (χ2v) is 8.78. The fraction of sp³-hybridized carbons (Fsp3) is 0.316. The third kappa shape index (κ3) is 3.38. The molecule has 0 bridgehead atoms. The minimum atomic E-state index is -0.861. The maximum Gasteiger partial charge on any atom is 0.345 e. The predicted octanol–water partition coefficient (Wildman–Crippen LogP) is 5.78. The lowest BCUT2D eigenvalue weighted by Crippen LogP contribution is -2.22. The number of fused-ring (bicyclic) bond motifs is 1. The van der Waals surface area contributed by atoms with Crippen molar-refractivity contribution in [1.82, 2.24) is 0 Å². The van der Waals surface area contributed by atoms with Gasteiger partial charge < -0.3 is 5.11 Å². The van der Waals surface area contributed by atoms with Gasteiger partial charge in [-0.1, -0.05) is 19.9 Å². The number of hydrogen-bond acceptors (Lipinski definition) is 3. The Morgan fingerprint density at radius 2 is 2.04 bits per heavy atom. The molecule has 1 aliphatic rings. The molecule has 0 saturated heterocycles. The van der Waals surface area contributed by atoms with Crippen molar-refractivity contribution in [2.24, 2.45) is 0 Å². The van der Waals surface area contributed by atoms with Crippen molar-refractivity contribution in [3.8, 4) is 0 Å². The third-order valence-electron chi connectivity index (χ3n) is 4.34. The van der Waals surface area contributed by atoms with E-state index in [1.807, 2.05) is 17.8 Å². The molecule has 1 aliphatic heterocycles. The minimum Gasteiger partial charge on any atom is -0.477 e. The fourth-order valence-electron chi connectivity index (χ4n) is 2.82. The number of hydrogen-bond donors (Lipinski definition) is 1. The van der Waals surface area contributed by atoms with Crippen molar-refractivity contribution >= 4 is 40.7 Å². The summed E-state index contributed by atoms with van der Waals surface area (Å²) in [7, 11) is 0. The number of allylic oxidation sites excluding steroid dienone is 1. The lowest BCUT2D eigenvalue weighted by Gasteiger charge is -2.32. The Morgan fingerprint density at radius 1 is 1.26 bits per heavy atom. The predicted molar refractivity (Wildman–Crippen MR) is 99.6 cm³/mol. The van der Waals surface area contributed by atoms with Crippen LogP contribution in [0.15, 0.2) is 35.2 Å². The van der Waals surface area contributed by atoms with Gasteiger partial charge >= 0.3 is 5.97 Å². The highest BCUT2D eigenvalue weighted by Gasteiger charge is 2.27. The van der Waals surface area contributed by atoms with Crippen molar-refractivity contribution in [1.29, 1.82) is 0 Å². The highest BCUT2D eigenvalue weighted by Crippen LogP contribution is 2.42. The van der Waals surface area contributed by atoms with Crippen LogP contribution in [0.1, 0.15) is 52.9 Å².